The summed E-state index contributed by atoms with van der Waals surface area (Å²) in [5.41, 5.74) is 0.0448. The maximum atomic E-state index is 12.9. The van der Waals surface area contributed by atoms with Crippen molar-refractivity contribution in [2.45, 2.75) is 37.9 Å². The predicted octanol–water partition coefficient (Wildman–Crippen LogP) is 4.98. The van der Waals surface area contributed by atoms with E-state index in [9.17, 15) is 26.4 Å². The van der Waals surface area contributed by atoms with Gasteiger partial charge in [-0.1, -0.05) is 12.1 Å². The molecule has 1 N–H and O–H groups in total. The normalized spacial score (nSPS) is 13.4. The first kappa shape index (κ1) is 22.8. The van der Waals surface area contributed by atoms with Gasteiger partial charge in [-0.2, -0.15) is 13.2 Å². The van der Waals surface area contributed by atoms with E-state index in [-0.39, 0.29) is 22.8 Å². The lowest BCUT2D eigenvalue weighted by Gasteiger charge is -2.16. The van der Waals surface area contributed by atoms with Crippen molar-refractivity contribution in [3.05, 3.63) is 64.9 Å². The van der Waals surface area contributed by atoms with E-state index in [2.05, 4.69) is 4.72 Å². The van der Waals surface area contributed by atoms with Crippen LogP contribution in [0.2, 0.25) is 0 Å². The smallest absolute Gasteiger partial charge is 0.416 e. The number of ether oxygens (including phenoxy) is 1. The number of aryl methyl sites for hydroxylation is 1. The van der Waals surface area contributed by atoms with Gasteiger partial charge in [0.15, 0.2) is 0 Å². The molecule has 0 aliphatic rings. The molecule has 1 aromatic heterocycles. The average molecular weight is 455 g/mol. The maximum absolute atomic E-state index is 12.9. The zero-order valence-corrected chi connectivity index (χ0v) is 17.7. The third-order valence-corrected chi connectivity index (χ3v) is 6.26. The number of hydrogen-bond acceptors (Lipinski definition) is 5. The Kier molecular flexibility index (Phi) is 6.15. The summed E-state index contributed by atoms with van der Waals surface area (Å²) in [5.74, 6) is -0.673. The Morgan fingerprint density at radius 1 is 1.19 bits per heavy atom. The summed E-state index contributed by atoms with van der Waals surface area (Å²) in [7, 11) is -4.07. The largest absolute Gasteiger partial charge is 0.460 e. The van der Waals surface area contributed by atoms with Crippen LogP contribution in [0.5, 0.6) is 0 Å². The fraction of sp³-hybridized carbons (Fsp3) is 0.286. The lowest BCUT2D eigenvalue weighted by Crippen LogP contribution is -2.27. The fourth-order valence-corrected chi connectivity index (χ4v) is 4.37. The molecule has 1 heterocycles. The van der Waals surface area contributed by atoms with Gasteiger partial charge in [0.1, 0.15) is 5.58 Å². The highest BCUT2D eigenvalue weighted by Crippen LogP contribution is 2.32. The minimum Gasteiger partial charge on any atom is -0.460 e. The number of carbonyl (C=O) groups excluding carboxylic acids is 1. The fourth-order valence-electron chi connectivity index (χ4n) is 3.11. The zero-order chi connectivity index (χ0) is 23.0. The Morgan fingerprint density at radius 3 is 2.55 bits per heavy atom. The van der Waals surface area contributed by atoms with E-state index in [0.717, 1.165) is 12.1 Å². The summed E-state index contributed by atoms with van der Waals surface area (Å²) in [6.45, 7) is 4.87. The van der Waals surface area contributed by atoms with E-state index in [1.54, 1.807) is 13.8 Å². The highest BCUT2D eigenvalue weighted by molar-refractivity contribution is 7.89. The molecule has 2 aromatic carbocycles. The number of benzene rings is 2. The predicted molar refractivity (Wildman–Crippen MR) is 107 cm³/mol. The number of rotatable bonds is 6. The zero-order valence-electron chi connectivity index (χ0n) is 16.9. The van der Waals surface area contributed by atoms with Crippen LogP contribution >= 0.6 is 0 Å². The number of carbonyl (C=O) groups is 1. The van der Waals surface area contributed by atoms with Gasteiger partial charge in [0.2, 0.25) is 15.8 Å². The Hall–Kier alpha value is -2.85. The highest BCUT2D eigenvalue weighted by atomic mass is 32.2. The van der Waals surface area contributed by atoms with Crippen LogP contribution in [-0.2, 0) is 20.9 Å². The van der Waals surface area contributed by atoms with Gasteiger partial charge in [0.25, 0.3) is 0 Å². The molecule has 166 valence electrons. The molecule has 1 unspecified atom stereocenters. The van der Waals surface area contributed by atoms with Crippen molar-refractivity contribution < 1.29 is 35.5 Å². The second-order valence-electron chi connectivity index (χ2n) is 6.90. The molecule has 0 amide bonds. The van der Waals surface area contributed by atoms with Gasteiger partial charge in [-0.15, -0.1) is 0 Å². The number of halogens is 3. The van der Waals surface area contributed by atoms with Crippen LogP contribution in [0, 0.1) is 6.92 Å². The van der Waals surface area contributed by atoms with Crippen LogP contribution in [0.3, 0.4) is 0 Å². The summed E-state index contributed by atoms with van der Waals surface area (Å²) in [5, 5.41) is 0.414. The summed E-state index contributed by atoms with van der Waals surface area (Å²) < 4.78 is 77.3. The third kappa shape index (κ3) is 4.75. The van der Waals surface area contributed by atoms with Crippen LogP contribution in [0.15, 0.2) is 51.8 Å². The molecular weight excluding hydrogens is 435 g/mol. The molecule has 0 aliphatic heterocycles. The minimum atomic E-state index is -4.53. The molecule has 3 aromatic rings. The van der Waals surface area contributed by atoms with E-state index in [1.807, 2.05) is 0 Å². The molecule has 1 atom stereocenters. The van der Waals surface area contributed by atoms with Crippen LogP contribution in [0.1, 0.15) is 47.1 Å². The molecule has 0 spiro atoms. The Balaban J connectivity index is 1.91. The summed E-state index contributed by atoms with van der Waals surface area (Å²) in [6, 6.07) is 7.60. The molecule has 31 heavy (non-hydrogen) atoms. The molecule has 3 rings (SSSR count). The number of alkyl halides is 3. The minimum absolute atomic E-state index is 0.0170. The molecule has 0 aliphatic carbocycles. The molecule has 0 saturated heterocycles. The van der Waals surface area contributed by atoms with Gasteiger partial charge in [-0.05, 0) is 56.7 Å². The van der Waals surface area contributed by atoms with Crippen molar-refractivity contribution in [1.82, 2.24) is 4.72 Å². The van der Waals surface area contributed by atoms with Gasteiger partial charge >= 0.3 is 12.1 Å². The molecule has 0 bridgehead atoms. The third-order valence-electron chi connectivity index (χ3n) is 4.72. The second kappa shape index (κ2) is 8.35. The van der Waals surface area contributed by atoms with Crippen molar-refractivity contribution in [1.29, 1.82) is 0 Å². The van der Waals surface area contributed by atoms with Crippen LogP contribution in [-0.4, -0.2) is 21.0 Å². The van der Waals surface area contributed by atoms with Crippen LogP contribution in [0.25, 0.3) is 11.0 Å². The summed E-state index contributed by atoms with van der Waals surface area (Å²) in [4.78, 5) is 11.9. The Morgan fingerprint density at radius 2 is 1.90 bits per heavy atom. The number of hydrogen-bond donors (Lipinski definition) is 1. The van der Waals surface area contributed by atoms with Crippen LogP contribution < -0.4 is 4.72 Å². The highest BCUT2D eigenvalue weighted by Gasteiger charge is 2.31. The van der Waals surface area contributed by atoms with Gasteiger partial charge in [-0.3, -0.25) is 0 Å². The molecule has 0 saturated carbocycles. The van der Waals surface area contributed by atoms with Crippen molar-refractivity contribution in [2.75, 3.05) is 6.61 Å². The molecule has 0 fully saturated rings. The monoisotopic (exact) mass is 455 g/mol. The van der Waals surface area contributed by atoms with Crippen molar-refractivity contribution in [3.63, 3.8) is 0 Å². The standard InChI is InChI=1S/C21H20F3NO5S/c1-4-29-20(26)19-12(2)17-11-16(8-9-18(17)30-19)31(27,28)25-13(3)14-6-5-7-15(10-14)21(22,23)24/h5-11,13,25H,4H2,1-3H3. The van der Waals surface area contributed by atoms with Crippen LogP contribution in [0.4, 0.5) is 13.2 Å². The topological polar surface area (TPSA) is 85.6 Å². The van der Waals surface area contributed by atoms with E-state index in [4.69, 9.17) is 9.15 Å². The summed E-state index contributed by atoms with van der Waals surface area (Å²) in [6.07, 6.45) is -4.53. The van der Waals surface area contributed by atoms with E-state index < -0.39 is 33.8 Å². The second-order valence-corrected chi connectivity index (χ2v) is 8.61. The van der Waals surface area contributed by atoms with Gasteiger partial charge in [0, 0.05) is 17.0 Å². The molecular formula is C21H20F3NO5S. The quantitative estimate of drug-likeness (QED) is 0.530. The van der Waals surface area contributed by atoms with Gasteiger partial charge in [-0.25, -0.2) is 17.9 Å². The van der Waals surface area contributed by atoms with Crippen molar-refractivity contribution in [2.24, 2.45) is 0 Å². The van der Waals surface area contributed by atoms with Gasteiger partial charge < -0.3 is 9.15 Å². The maximum Gasteiger partial charge on any atom is 0.416 e. The Labute approximate surface area is 177 Å². The summed E-state index contributed by atoms with van der Waals surface area (Å²) >= 11 is 0. The number of fused-ring (bicyclic) bond motifs is 1. The molecule has 0 radical (unpaired) electrons. The SMILES string of the molecule is CCOC(=O)c1oc2ccc(S(=O)(=O)NC(C)c3cccc(C(F)(F)F)c3)cc2c1C. The van der Waals surface area contributed by atoms with E-state index >= 15 is 0 Å². The first-order valence-corrected chi connectivity index (χ1v) is 10.8. The Bertz CT molecular complexity index is 1230. The van der Waals surface area contributed by atoms with E-state index in [0.29, 0.717) is 16.5 Å². The van der Waals surface area contributed by atoms with Crippen molar-refractivity contribution >= 4 is 27.0 Å². The molecule has 6 nitrogen and oxygen atoms in total. The number of furan rings is 1. The first-order valence-electron chi connectivity index (χ1n) is 9.33. The lowest BCUT2D eigenvalue weighted by molar-refractivity contribution is -0.137. The number of sulfonamides is 1. The van der Waals surface area contributed by atoms with Crippen molar-refractivity contribution in [3.8, 4) is 0 Å². The van der Waals surface area contributed by atoms with Gasteiger partial charge in [0.05, 0.1) is 17.1 Å². The number of esters is 1. The molecule has 10 heteroatoms. The number of nitrogens with one attached hydrogen (secondary N) is 1. The van der Waals surface area contributed by atoms with E-state index in [1.165, 1.54) is 37.3 Å². The first-order chi connectivity index (χ1) is 14.4. The average Bonchev–Trinajstić information content (AvgIpc) is 3.03. The lowest BCUT2D eigenvalue weighted by atomic mass is 10.1.